The van der Waals surface area contributed by atoms with Gasteiger partial charge in [0.25, 0.3) is 5.89 Å². The van der Waals surface area contributed by atoms with Crippen molar-refractivity contribution in [1.29, 1.82) is 0 Å². The third-order valence-electron chi connectivity index (χ3n) is 4.09. The van der Waals surface area contributed by atoms with E-state index in [1.54, 1.807) is 12.1 Å². The van der Waals surface area contributed by atoms with E-state index in [0.717, 1.165) is 25.0 Å². The van der Waals surface area contributed by atoms with E-state index in [1.165, 1.54) is 0 Å². The van der Waals surface area contributed by atoms with Gasteiger partial charge < -0.3 is 28.8 Å². The first-order chi connectivity index (χ1) is 12.8. The highest BCUT2D eigenvalue weighted by atomic mass is 16.7. The van der Waals surface area contributed by atoms with E-state index in [9.17, 15) is 4.79 Å². The number of ether oxygens (including phenoxy) is 4. The van der Waals surface area contributed by atoms with Gasteiger partial charge in [-0.1, -0.05) is 5.16 Å². The normalized spacial score (nSPS) is 18.2. The fourth-order valence-corrected chi connectivity index (χ4v) is 2.76. The third-order valence-corrected chi connectivity index (χ3v) is 4.09. The first kappa shape index (κ1) is 16.8. The summed E-state index contributed by atoms with van der Waals surface area (Å²) in [6.07, 6.45) is 2.13. The Morgan fingerprint density at radius 2 is 2.23 bits per heavy atom. The topological polar surface area (TPSA) is 105 Å². The van der Waals surface area contributed by atoms with Gasteiger partial charge in [0.2, 0.25) is 12.7 Å². The fraction of sp³-hybridized carbons (Fsp3) is 0.471. The molecule has 138 valence electrons. The summed E-state index contributed by atoms with van der Waals surface area (Å²) in [6, 6.07) is 5.37. The van der Waals surface area contributed by atoms with Crippen molar-refractivity contribution in [2.24, 2.45) is 0 Å². The minimum absolute atomic E-state index is 0.0211. The van der Waals surface area contributed by atoms with Crippen molar-refractivity contribution < 1.29 is 28.3 Å². The molecule has 0 spiro atoms. The van der Waals surface area contributed by atoms with Crippen LogP contribution in [0.3, 0.4) is 0 Å². The van der Waals surface area contributed by atoms with Crippen molar-refractivity contribution in [2.45, 2.75) is 25.5 Å². The van der Waals surface area contributed by atoms with Gasteiger partial charge in [0.15, 0.2) is 17.3 Å². The van der Waals surface area contributed by atoms with Crippen LogP contribution in [0.25, 0.3) is 11.5 Å². The number of nitrogens with one attached hydrogen (secondary N) is 1. The molecular formula is C17H19N3O6. The van der Waals surface area contributed by atoms with Gasteiger partial charge in [-0.3, -0.25) is 4.79 Å². The average molecular weight is 361 g/mol. The molecule has 0 unspecified atom stereocenters. The molecule has 26 heavy (non-hydrogen) atoms. The molecule has 2 aromatic rings. The van der Waals surface area contributed by atoms with Crippen LogP contribution in [-0.4, -0.2) is 48.8 Å². The molecule has 0 bridgehead atoms. The lowest BCUT2D eigenvalue weighted by molar-refractivity contribution is -0.127. The molecule has 4 rings (SSSR count). The molecule has 0 radical (unpaired) electrons. The minimum atomic E-state index is -0.238. The molecule has 1 aromatic carbocycles. The Bertz CT molecular complexity index is 772. The summed E-state index contributed by atoms with van der Waals surface area (Å²) < 4.78 is 26.6. The number of amides is 1. The second-order valence-corrected chi connectivity index (χ2v) is 6.01. The summed E-state index contributed by atoms with van der Waals surface area (Å²) in [5, 5.41) is 6.56. The number of hydrogen-bond acceptors (Lipinski definition) is 8. The van der Waals surface area contributed by atoms with Crippen molar-refractivity contribution in [3.05, 3.63) is 24.0 Å². The third kappa shape index (κ3) is 3.94. The van der Waals surface area contributed by atoms with Crippen LogP contribution in [0, 0.1) is 0 Å². The molecule has 9 heteroatoms. The number of hydrogen-bond donors (Lipinski definition) is 1. The predicted molar refractivity (Wildman–Crippen MR) is 87.5 cm³/mol. The van der Waals surface area contributed by atoms with Crippen LogP contribution < -0.4 is 14.8 Å². The van der Waals surface area contributed by atoms with Gasteiger partial charge in [0.1, 0.15) is 6.61 Å². The van der Waals surface area contributed by atoms with Gasteiger partial charge in [-0.2, -0.15) is 4.98 Å². The first-order valence-electron chi connectivity index (χ1n) is 8.46. The van der Waals surface area contributed by atoms with E-state index in [1.807, 2.05) is 6.07 Å². The summed E-state index contributed by atoms with van der Waals surface area (Å²) in [4.78, 5) is 16.1. The Labute approximate surface area is 149 Å². The van der Waals surface area contributed by atoms with Crippen LogP contribution in [0.2, 0.25) is 0 Å². The maximum Gasteiger partial charge on any atom is 0.258 e. The smallest absolute Gasteiger partial charge is 0.258 e. The van der Waals surface area contributed by atoms with E-state index < -0.39 is 0 Å². The van der Waals surface area contributed by atoms with Crippen molar-refractivity contribution in [1.82, 2.24) is 15.5 Å². The summed E-state index contributed by atoms with van der Waals surface area (Å²) in [5.74, 6) is 1.81. The summed E-state index contributed by atoms with van der Waals surface area (Å²) in [5.41, 5.74) is 0.722. The number of nitrogens with zero attached hydrogens (tertiary/aromatic N) is 2. The summed E-state index contributed by atoms with van der Waals surface area (Å²) in [6.45, 7) is 1.55. The SMILES string of the molecule is O=C(COC[C@@H]1CCCO1)NCc1noc(-c2ccc3c(c2)OCO3)n1. The van der Waals surface area contributed by atoms with Gasteiger partial charge in [-0.25, -0.2) is 0 Å². The van der Waals surface area contributed by atoms with E-state index >= 15 is 0 Å². The quantitative estimate of drug-likeness (QED) is 0.786. The van der Waals surface area contributed by atoms with Crippen LogP contribution in [0.15, 0.2) is 22.7 Å². The van der Waals surface area contributed by atoms with Crippen LogP contribution in [0.5, 0.6) is 11.5 Å². The zero-order valence-corrected chi connectivity index (χ0v) is 14.1. The zero-order valence-electron chi connectivity index (χ0n) is 14.1. The van der Waals surface area contributed by atoms with Crippen molar-refractivity contribution >= 4 is 5.91 Å². The summed E-state index contributed by atoms with van der Waals surface area (Å²) >= 11 is 0. The number of benzene rings is 1. The molecule has 9 nitrogen and oxygen atoms in total. The van der Waals surface area contributed by atoms with Crippen molar-refractivity contribution in [3.8, 4) is 23.0 Å². The van der Waals surface area contributed by atoms with Gasteiger partial charge in [-0.15, -0.1) is 0 Å². The van der Waals surface area contributed by atoms with Gasteiger partial charge in [0, 0.05) is 12.2 Å². The lowest BCUT2D eigenvalue weighted by atomic mass is 10.2. The van der Waals surface area contributed by atoms with Crippen molar-refractivity contribution in [2.75, 3.05) is 26.6 Å². The molecule has 2 aliphatic heterocycles. The average Bonchev–Trinajstić information content (AvgIpc) is 3.40. The molecule has 3 heterocycles. The maximum atomic E-state index is 11.8. The zero-order chi connectivity index (χ0) is 17.8. The molecule has 1 N–H and O–H groups in total. The molecule has 1 fully saturated rings. The highest BCUT2D eigenvalue weighted by molar-refractivity contribution is 5.77. The van der Waals surface area contributed by atoms with Crippen LogP contribution >= 0.6 is 0 Å². The molecule has 1 amide bonds. The Morgan fingerprint density at radius 3 is 3.12 bits per heavy atom. The standard InChI is InChI=1S/C17H19N3O6/c21-16(9-22-8-12-2-1-5-23-12)18-7-15-19-17(26-20-15)11-3-4-13-14(6-11)25-10-24-13/h3-4,6,12H,1-2,5,7-10H2,(H,18,21)/t12-/m0/s1. The molecular weight excluding hydrogens is 342 g/mol. The highest BCUT2D eigenvalue weighted by Gasteiger charge is 2.18. The Morgan fingerprint density at radius 1 is 1.31 bits per heavy atom. The van der Waals surface area contributed by atoms with Crippen LogP contribution in [0.4, 0.5) is 0 Å². The number of rotatable bonds is 7. The van der Waals surface area contributed by atoms with Crippen molar-refractivity contribution in [3.63, 3.8) is 0 Å². The molecule has 0 aliphatic carbocycles. The molecule has 1 atom stereocenters. The molecule has 2 aliphatic rings. The monoisotopic (exact) mass is 361 g/mol. The Hall–Kier alpha value is -2.65. The Balaban J connectivity index is 1.25. The Kier molecular flexibility index (Phi) is 4.98. The highest BCUT2D eigenvalue weighted by Crippen LogP contribution is 2.35. The lowest BCUT2D eigenvalue weighted by Crippen LogP contribution is -2.29. The number of aromatic nitrogens is 2. The van der Waals surface area contributed by atoms with E-state index in [-0.39, 0.29) is 32.0 Å². The molecule has 1 aromatic heterocycles. The number of carbonyl (C=O) groups is 1. The minimum Gasteiger partial charge on any atom is -0.454 e. The van der Waals surface area contributed by atoms with Gasteiger partial charge >= 0.3 is 0 Å². The number of fused-ring (bicyclic) bond motifs is 1. The number of carbonyl (C=O) groups excluding carboxylic acids is 1. The first-order valence-corrected chi connectivity index (χ1v) is 8.46. The predicted octanol–water partition coefficient (Wildman–Crippen LogP) is 1.28. The van der Waals surface area contributed by atoms with Crippen LogP contribution in [-0.2, 0) is 20.8 Å². The molecule has 0 saturated carbocycles. The van der Waals surface area contributed by atoms with E-state index in [0.29, 0.717) is 29.8 Å². The second-order valence-electron chi connectivity index (χ2n) is 6.01. The fourth-order valence-electron chi connectivity index (χ4n) is 2.76. The second kappa shape index (κ2) is 7.71. The van der Waals surface area contributed by atoms with Gasteiger partial charge in [0.05, 0.1) is 19.3 Å². The maximum absolute atomic E-state index is 11.8. The molecule has 1 saturated heterocycles. The van der Waals surface area contributed by atoms with Crippen LogP contribution in [0.1, 0.15) is 18.7 Å². The summed E-state index contributed by atoms with van der Waals surface area (Å²) in [7, 11) is 0. The lowest BCUT2D eigenvalue weighted by Gasteiger charge is -2.09. The van der Waals surface area contributed by atoms with E-state index in [2.05, 4.69) is 15.5 Å². The van der Waals surface area contributed by atoms with Gasteiger partial charge in [-0.05, 0) is 31.0 Å². The van der Waals surface area contributed by atoms with E-state index in [4.69, 9.17) is 23.5 Å². The largest absolute Gasteiger partial charge is 0.454 e.